The van der Waals surface area contributed by atoms with Crippen LogP contribution in [-0.4, -0.2) is 63.7 Å². The second kappa shape index (κ2) is 7.23. The first-order valence-corrected chi connectivity index (χ1v) is 8.28. The number of methoxy groups -OCH3 is 1. The summed E-state index contributed by atoms with van der Waals surface area (Å²) in [5, 5.41) is 16.8. The van der Waals surface area contributed by atoms with Crippen LogP contribution in [0.4, 0.5) is 13.2 Å². The Bertz CT molecular complexity index is 899. The van der Waals surface area contributed by atoms with Crippen LogP contribution in [0.25, 0.3) is 5.69 Å². The van der Waals surface area contributed by atoms with E-state index >= 15 is 0 Å². The second-order valence-corrected chi connectivity index (χ2v) is 6.56. The molecule has 11 heteroatoms. The maximum Gasteiger partial charge on any atom is 0.418 e. The molecule has 8 nitrogen and oxygen atoms in total. The quantitative estimate of drug-likeness (QED) is 0.826. The molecule has 0 radical (unpaired) electrons. The summed E-state index contributed by atoms with van der Waals surface area (Å²) in [7, 11) is 1.37. The van der Waals surface area contributed by atoms with Gasteiger partial charge in [-0.25, -0.2) is 4.68 Å². The first-order valence-electron chi connectivity index (χ1n) is 8.28. The van der Waals surface area contributed by atoms with Crippen molar-refractivity contribution >= 4 is 11.9 Å². The minimum atomic E-state index is -4.59. The van der Waals surface area contributed by atoms with E-state index < -0.39 is 29.0 Å². The van der Waals surface area contributed by atoms with Crippen molar-refractivity contribution in [1.82, 2.24) is 19.9 Å². The lowest BCUT2D eigenvalue weighted by Crippen LogP contribution is -2.40. The van der Waals surface area contributed by atoms with Crippen molar-refractivity contribution in [3.8, 4) is 5.69 Å². The molecule has 0 bridgehead atoms. The summed E-state index contributed by atoms with van der Waals surface area (Å²) in [5.41, 5.74) is -2.56. The van der Waals surface area contributed by atoms with Crippen LogP contribution >= 0.6 is 0 Å². The van der Waals surface area contributed by atoms with E-state index in [1.807, 2.05) is 0 Å². The molecule has 0 saturated carbocycles. The number of nitrogens with zero attached hydrogens (tertiary/aromatic N) is 4. The number of benzene rings is 1. The van der Waals surface area contributed by atoms with Crippen LogP contribution in [0, 0.1) is 5.41 Å². The van der Waals surface area contributed by atoms with Gasteiger partial charge in [-0.1, -0.05) is 17.3 Å². The van der Waals surface area contributed by atoms with E-state index in [0.717, 1.165) is 16.9 Å². The molecule has 1 saturated heterocycles. The maximum atomic E-state index is 13.2. The van der Waals surface area contributed by atoms with Gasteiger partial charge in [-0.2, -0.15) is 13.2 Å². The van der Waals surface area contributed by atoms with Crippen LogP contribution in [0.5, 0.6) is 0 Å². The molecular weight excluding hydrogens is 381 g/mol. The highest BCUT2D eigenvalue weighted by Gasteiger charge is 2.47. The predicted molar refractivity (Wildman–Crippen MR) is 88.8 cm³/mol. The summed E-state index contributed by atoms with van der Waals surface area (Å²) >= 11 is 0. The Labute approximate surface area is 157 Å². The van der Waals surface area contributed by atoms with Crippen LogP contribution in [0.2, 0.25) is 0 Å². The average Bonchev–Trinajstić information content (AvgIpc) is 3.29. The predicted octanol–water partition coefficient (Wildman–Crippen LogP) is 1.85. The van der Waals surface area contributed by atoms with Crippen molar-refractivity contribution in [2.45, 2.75) is 12.6 Å². The Morgan fingerprint density at radius 1 is 1.32 bits per heavy atom. The summed E-state index contributed by atoms with van der Waals surface area (Å²) in [4.78, 5) is 25.5. The fourth-order valence-corrected chi connectivity index (χ4v) is 3.23. The van der Waals surface area contributed by atoms with E-state index in [0.29, 0.717) is 0 Å². The number of hydrogen-bond acceptors (Lipinski definition) is 5. The summed E-state index contributed by atoms with van der Waals surface area (Å²) in [5.74, 6) is -1.68. The molecule has 0 spiro atoms. The third-order valence-electron chi connectivity index (χ3n) is 4.68. The van der Waals surface area contributed by atoms with E-state index in [9.17, 15) is 27.9 Å². The minimum absolute atomic E-state index is 0.0578. The number of carbonyl (C=O) groups excluding carboxylic acids is 1. The van der Waals surface area contributed by atoms with Gasteiger partial charge in [-0.15, -0.1) is 5.10 Å². The molecule has 28 heavy (non-hydrogen) atoms. The Morgan fingerprint density at radius 2 is 2.04 bits per heavy atom. The van der Waals surface area contributed by atoms with Gasteiger partial charge in [0.15, 0.2) is 5.69 Å². The number of aliphatic carboxylic acids is 1. The normalized spacial score (nSPS) is 19.8. The zero-order valence-electron chi connectivity index (χ0n) is 14.8. The Morgan fingerprint density at radius 3 is 2.68 bits per heavy atom. The van der Waals surface area contributed by atoms with Crippen LogP contribution in [0.1, 0.15) is 22.5 Å². The van der Waals surface area contributed by atoms with Crippen molar-refractivity contribution in [3.63, 3.8) is 0 Å². The SMILES string of the molecule is COCC1(C(=O)O)CCN(C(=O)c2cn(-c3ccccc3C(F)(F)F)nn2)C1. The molecule has 2 aromatic rings. The first kappa shape index (κ1) is 19.8. The summed E-state index contributed by atoms with van der Waals surface area (Å²) in [6.45, 7) is 0.0270. The lowest BCUT2D eigenvalue weighted by Gasteiger charge is -2.23. The Kier molecular flexibility index (Phi) is 5.11. The zero-order valence-corrected chi connectivity index (χ0v) is 14.8. The highest BCUT2D eigenvalue weighted by Crippen LogP contribution is 2.34. The smallest absolute Gasteiger partial charge is 0.418 e. The van der Waals surface area contributed by atoms with Crippen molar-refractivity contribution in [2.75, 3.05) is 26.8 Å². The average molecular weight is 398 g/mol. The largest absolute Gasteiger partial charge is 0.481 e. The number of halogens is 3. The summed E-state index contributed by atoms with van der Waals surface area (Å²) in [6.07, 6.45) is -3.29. The minimum Gasteiger partial charge on any atom is -0.481 e. The topological polar surface area (TPSA) is 97.6 Å². The standard InChI is InChI=1S/C17H17F3N4O4/c1-28-10-16(15(26)27)6-7-23(9-16)14(25)12-8-24(22-21-12)13-5-3-2-4-11(13)17(18,19)20/h2-5,8H,6-7,9-10H2,1H3,(H,26,27). The lowest BCUT2D eigenvalue weighted by molar-refractivity contribution is -0.151. The van der Waals surface area contributed by atoms with Crippen molar-refractivity contribution in [3.05, 3.63) is 41.7 Å². The van der Waals surface area contributed by atoms with Crippen molar-refractivity contribution in [1.29, 1.82) is 0 Å². The fourth-order valence-electron chi connectivity index (χ4n) is 3.23. The number of likely N-dealkylation sites (tertiary alicyclic amines) is 1. The zero-order chi connectivity index (χ0) is 20.5. The number of para-hydroxylation sites is 1. The van der Waals surface area contributed by atoms with Crippen molar-refractivity contribution in [2.24, 2.45) is 5.41 Å². The molecule has 2 heterocycles. The molecule has 150 valence electrons. The van der Waals surface area contributed by atoms with Crippen LogP contribution < -0.4 is 0 Å². The number of ether oxygens (including phenoxy) is 1. The molecule has 1 fully saturated rings. The third-order valence-corrected chi connectivity index (χ3v) is 4.68. The molecule has 1 unspecified atom stereocenters. The van der Waals surface area contributed by atoms with Gasteiger partial charge in [0, 0.05) is 20.2 Å². The number of alkyl halides is 3. The molecule has 1 aromatic carbocycles. The van der Waals surface area contributed by atoms with Crippen LogP contribution in [0.3, 0.4) is 0 Å². The second-order valence-electron chi connectivity index (χ2n) is 6.56. The van der Waals surface area contributed by atoms with Crippen LogP contribution in [0.15, 0.2) is 30.5 Å². The summed E-state index contributed by atoms with van der Waals surface area (Å²) in [6, 6.07) is 4.79. The highest BCUT2D eigenvalue weighted by molar-refractivity contribution is 5.93. The molecule has 1 aliphatic heterocycles. The number of rotatable bonds is 5. The molecule has 1 amide bonds. The number of amides is 1. The molecule has 0 aliphatic carbocycles. The van der Waals surface area contributed by atoms with E-state index in [1.54, 1.807) is 0 Å². The molecular formula is C17H17F3N4O4. The van der Waals surface area contributed by atoms with Gasteiger partial charge in [-0.3, -0.25) is 9.59 Å². The number of carboxylic acid groups (broad SMARTS) is 1. The van der Waals surface area contributed by atoms with Gasteiger partial charge >= 0.3 is 12.1 Å². The number of carboxylic acids is 1. The number of aromatic nitrogens is 3. The van der Waals surface area contributed by atoms with Gasteiger partial charge in [-0.05, 0) is 18.6 Å². The van der Waals surface area contributed by atoms with Crippen molar-refractivity contribution < 1.29 is 32.6 Å². The first-order chi connectivity index (χ1) is 13.2. The molecule has 3 rings (SSSR count). The van der Waals surface area contributed by atoms with E-state index in [-0.39, 0.29) is 37.5 Å². The fraction of sp³-hybridized carbons (Fsp3) is 0.412. The third kappa shape index (κ3) is 3.57. The molecule has 1 aromatic heterocycles. The highest BCUT2D eigenvalue weighted by atomic mass is 19.4. The summed E-state index contributed by atoms with van der Waals surface area (Å²) < 4.78 is 45.4. The maximum absolute atomic E-state index is 13.2. The van der Waals surface area contributed by atoms with Gasteiger partial charge in [0.1, 0.15) is 5.41 Å². The molecule has 1 aliphatic rings. The number of carbonyl (C=O) groups is 2. The van der Waals surface area contributed by atoms with Crippen LogP contribution in [-0.2, 0) is 15.7 Å². The molecule has 1 atom stereocenters. The number of hydrogen-bond donors (Lipinski definition) is 1. The van der Waals surface area contributed by atoms with Gasteiger partial charge in [0.25, 0.3) is 5.91 Å². The van der Waals surface area contributed by atoms with E-state index in [4.69, 9.17) is 4.74 Å². The van der Waals surface area contributed by atoms with E-state index in [1.165, 1.54) is 30.2 Å². The van der Waals surface area contributed by atoms with Gasteiger partial charge in [0.05, 0.1) is 24.1 Å². The monoisotopic (exact) mass is 398 g/mol. The Hall–Kier alpha value is -2.95. The lowest BCUT2D eigenvalue weighted by atomic mass is 9.88. The van der Waals surface area contributed by atoms with E-state index in [2.05, 4.69) is 10.3 Å². The van der Waals surface area contributed by atoms with Gasteiger partial charge in [0.2, 0.25) is 0 Å². The van der Waals surface area contributed by atoms with Gasteiger partial charge < -0.3 is 14.7 Å². The molecule has 1 N–H and O–H groups in total. The Balaban J connectivity index is 1.84.